The van der Waals surface area contributed by atoms with E-state index in [0.29, 0.717) is 22.7 Å². The van der Waals surface area contributed by atoms with E-state index in [9.17, 15) is 14.4 Å². The molecule has 0 fully saturated rings. The van der Waals surface area contributed by atoms with Crippen LogP contribution in [0.4, 0.5) is 5.69 Å². The third-order valence-corrected chi connectivity index (χ3v) is 3.63. The molecule has 2 aromatic carbocycles. The van der Waals surface area contributed by atoms with Gasteiger partial charge in [0.2, 0.25) is 0 Å². The molecule has 0 bridgehead atoms. The Labute approximate surface area is 174 Å². The van der Waals surface area contributed by atoms with Crippen LogP contribution in [-0.4, -0.2) is 43.7 Å². The zero-order valence-electron chi connectivity index (χ0n) is 17.0. The molecule has 0 spiro atoms. The van der Waals surface area contributed by atoms with Gasteiger partial charge in [0.1, 0.15) is 11.5 Å². The van der Waals surface area contributed by atoms with Crippen LogP contribution < -0.4 is 25.5 Å². The number of methoxy groups -OCH3 is 1. The van der Waals surface area contributed by atoms with Crippen molar-refractivity contribution in [3.8, 4) is 11.5 Å². The van der Waals surface area contributed by atoms with Crippen molar-refractivity contribution in [2.75, 3.05) is 19.0 Å². The van der Waals surface area contributed by atoms with Gasteiger partial charge >= 0.3 is 11.8 Å². The van der Waals surface area contributed by atoms with E-state index in [0.717, 1.165) is 0 Å². The molecule has 30 heavy (non-hydrogen) atoms. The fraction of sp³-hybridized carbons (Fsp3) is 0.238. The lowest BCUT2D eigenvalue weighted by atomic mass is 10.2. The molecule has 9 heteroatoms. The van der Waals surface area contributed by atoms with Crippen molar-refractivity contribution in [1.82, 2.24) is 10.7 Å². The number of carbonyl (C=O) groups is 3. The molecule has 3 amide bonds. The minimum atomic E-state index is -0.879. The summed E-state index contributed by atoms with van der Waals surface area (Å²) in [4.78, 5) is 35.4. The zero-order chi connectivity index (χ0) is 21.9. The van der Waals surface area contributed by atoms with E-state index in [4.69, 9.17) is 9.47 Å². The molecule has 0 saturated carbocycles. The Morgan fingerprint density at radius 1 is 1.07 bits per heavy atom. The molecule has 2 aromatic rings. The van der Waals surface area contributed by atoms with E-state index in [1.165, 1.54) is 6.21 Å². The molecule has 0 saturated heterocycles. The van der Waals surface area contributed by atoms with Crippen LogP contribution in [0.15, 0.2) is 53.6 Å². The first-order valence-corrected chi connectivity index (χ1v) is 9.18. The number of hydrazone groups is 1. The SMILES string of the molecule is COc1cccc(NC(=O)COc2ccccc2/C=N\NC(=O)C(=O)NC(C)C)c1. The predicted molar refractivity (Wildman–Crippen MR) is 113 cm³/mol. The van der Waals surface area contributed by atoms with E-state index < -0.39 is 11.8 Å². The van der Waals surface area contributed by atoms with Crippen molar-refractivity contribution in [2.45, 2.75) is 19.9 Å². The Morgan fingerprint density at radius 3 is 2.57 bits per heavy atom. The number of benzene rings is 2. The summed E-state index contributed by atoms with van der Waals surface area (Å²) >= 11 is 0. The maximum absolute atomic E-state index is 12.2. The second kappa shape index (κ2) is 11.2. The number of para-hydroxylation sites is 1. The highest BCUT2D eigenvalue weighted by Crippen LogP contribution is 2.18. The largest absolute Gasteiger partial charge is 0.497 e. The van der Waals surface area contributed by atoms with Crippen LogP contribution in [0, 0.1) is 0 Å². The maximum Gasteiger partial charge on any atom is 0.329 e. The second-order valence-corrected chi connectivity index (χ2v) is 6.43. The van der Waals surface area contributed by atoms with Gasteiger partial charge in [0.05, 0.1) is 13.3 Å². The van der Waals surface area contributed by atoms with Crippen LogP contribution in [0.25, 0.3) is 0 Å². The van der Waals surface area contributed by atoms with E-state index >= 15 is 0 Å². The third-order valence-electron chi connectivity index (χ3n) is 3.63. The minimum Gasteiger partial charge on any atom is -0.497 e. The van der Waals surface area contributed by atoms with E-state index in [1.54, 1.807) is 69.5 Å². The molecule has 2 rings (SSSR count). The molecule has 0 atom stereocenters. The van der Waals surface area contributed by atoms with Gasteiger partial charge in [-0.2, -0.15) is 5.10 Å². The first-order chi connectivity index (χ1) is 14.4. The number of anilines is 1. The Balaban J connectivity index is 1.92. The Kier molecular flexibility index (Phi) is 8.37. The summed E-state index contributed by atoms with van der Waals surface area (Å²) in [5.74, 6) is -0.993. The number of hydrogen-bond donors (Lipinski definition) is 3. The summed E-state index contributed by atoms with van der Waals surface area (Å²) in [5, 5.41) is 8.94. The second-order valence-electron chi connectivity index (χ2n) is 6.43. The van der Waals surface area contributed by atoms with Gasteiger partial charge in [0.15, 0.2) is 6.61 Å². The summed E-state index contributed by atoms with van der Waals surface area (Å²) < 4.78 is 10.7. The molecule has 3 N–H and O–H groups in total. The van der Waals surface area contributed by atoms with Gasteiger partial charge in [-0.15, -0.1) is 0 Å². The molecule has 0 aliphatic carbocycles. The predicted octanol–water partition coefficient (Wildman–Crippen LogP) is 1.69. The third kappa shape index (κ3) is 7.27. The van der Waals surface area contributed by atoms with Crippen molar-refractivity contribution in [2.24, 2.45) is 5.10 Å². The molecule has 0 heterocycles. The highest BCUT2D eigenvalue weighted by molar-refractivity contribution is 6.35. The normalized spacial score (nSPS) is 10.5. The molecule has 158 valence electrons. The first kappa shape index (κ1) is 22.4. The molecule has 0 unspecified atom stereocenters. The summed E-state index contributed by atoms with van der Waals surface area (Å²) in [6.45, 7) is 3.25. The smallest absolute Gasteiger partial charge is 0.329 e. The number of ether oxygens (including phenoxy) is 2. The number of hydrogen-bond acceptors (Lipinski definition) is 6. The molecule has 0 aliphatic heterocycles. The number of carbonyl (C=O) groups excluding carboxylic acids is 3. The first-order valence-electron chi connectivity index (χ1n) is 9.18. The van der Waals surface area contributed by atoms with Crippen molar-refractivity contribution >= 4 is 29.6 Å². The van der Waals surface area contributed by atoms with Gasteiger partial charge in [0, 0.05) is 23.4 Å². The van der Waals surface area contributed by atoms with Crippen LogP contribution in [-0.2, 0) is 14.4 Å². The quantitative estimate of drug-likeness (QED) is 0.346. The standard InChI is InChI=1S/C21H24N4O5/c1-14(2)23-20(27)21(28)25-22-12-15-7-4-5-10-18(15)30-13-19(26)24-16-8-6-9-17(11-16)29-3/h4-12,14H,13H2,1-3H3,(H,23,27)(H,24,26)(H,25,28)/b22-12-. The van der Waals surface area contributed by atoms with E-state index in [2.05, 4.69) is 21.2 Å². The van der Waals surface area contributed by atoms with Gasteiger partial charge in [-0.3, -0.25) is 14.4 Å². The summed E-state index contributed by atoms with van der Waals surface area (Å²) in [7, 11) is 1.54. The van der Waals surface area contributed by atoms with Crippen LogP contribution in [0.1, 0.15) is 19.4 Å². The number of nitrogens with zero attached hydrogens (tertiary/aromatic N) is 1. The molecule has 0 aliphatic rings. The minimum absolute atomic E-state index is 0.163. The van der Waals surface area contributed by atoms with E-state index in [-0.39, 0.29) is 18.6 Å². The number of amides is 3. The molecular formula is C21H24N4O5. The Morgan fingerprint density at radius 2 is 1.83 bits per heavy atom. The molecule has 0 aromatic heterocycles. The van der Waals surface area contributed by atoms with Crippen molar-refractivity contribution < 1.29 is 23.9 Å². The maximum atomic E-state index is 12.2. The molecule has 9 nitrogen and oxygen atoms in total. The lowest BCUT2D eigenvalue weighted by Gasteiger charge is -2.10. The van der Waals surface area contributed by atoms with Crippen LogP contribution >= 0.6 is 0 Å². The topological polar surface area (TPSA) is 118 Å². The van der Waals surface area contributed by atoms with Crippen molar-refractivity contribution in [3.63, 3.8) is 0 Å². The average Bonchev–Trinajstić information content (AvgIpc) is 2.72. The molecular weight excluding hydrogens is 388 g/mol. The fourth-order valence-electron chi connectivity index (χ4n) is 2.30. The zero-order valence-corrected chi connectivity index (χ0v) is 17.0. The monoisotopic (exact) mass is 412 g/mol. The highest BCUT2D eigenvalue weighted by Gasteiger charge is 2.13. The van der Waals surface area contributed by atoms with Crippen molar-refractivity contribution in [1.29, 1.82) is 0 Å². The van der Waals surface area contributed by atoms with Crippen molar-refractivity contribution in [3.05, 3.63) is 54.1 Å². The molecule has 0 radical (unpaired) electrons. The average molecular weight is 412 g/mol. The van der Waals surface area contributed by atoms with Gasteiger partial charge < -0.3 is 20.1 Å². The number of nitrogens with one attached hydrogen (secondary N) is 3. The Bertz CT molecular complexity index is 927. The van der Waals surface area contributed by atoms with Crippen LogP contribution in [0.2, 0.25) is 0 Å². The Hall–Kier alpha value is -3.88. The lowest BCUT2D eigenvalue weighted by Crippen LogP contribution is -2.41. The van der Waals surface area contributed by atoms with Gasteiger partial charge in [0.25, 0.3) is 5.91 Å². The summed E-state index contributed by atoms with van der Waals surface area (Å²) in [6, 6.07) is 13.6. The van der Waals surface area contributed by atoms with Crippen LogP contribution in [0.5, 0.6) is 11.5 Å². The fourth-order valence-corrected chi connectivity index (χ4v) is 2.30. The highest BCUT2D eigenvalue weighted by atomic mass is 16.5. The summed E-state index contributed by atoms with van der Waals surface area (Å²) in [5.41, 5.74) is 3.25. The number of rotatable bonds is 8. The van der Waals surface area contributed by atoms with Crippen LogP contribution in [0.3, 0.4) is 0 Å². The lowest BCUT2D eigenvalue weighted by molar-refractivity contribution is -0.139. The van der Waals surface area contributed by atoms with Gasteiger partial charge in [-0.25, -0.2) is 5.43 Å². The van der Waals surface area contributed by atoms with E-state index in [1.807, 2.05) is 0 Å². The van der Waals surface area contributed by atoms with Gasteiger partial charge in [-0.05, 0) is 38.1 Å². The summed E-state index contributed by atoms with van der Waals surface area (Å²) in [6.07, 6.45) is 1.33. The van der Waals surface area contributed by atoms with Gasteiger partial charge in [-0.1, -0.05) is 18.2 Å².